The zero-order valence-corrected chi connectivity index (χ0v) is 29.5. The van der Waals surface area contributed by atoms with E-state index in [1.807, 2.05) is 27.7 Å². The van der Waals surface area contributed by atoms with Crippen molar-refractivity contribution in [2.45, 2.75) is 156 Å². The Labute approximate surface area is 277 Å². The molecule has 7 nitrogen and oxygen atoms in total. The van der Waals surface area contributed by atoms with E-state index in [0.717, 1.165) is 24.8 Å². The number of unbranched alkanes of at least 4 members (excludes halogenated alkanes) is 14. The van der Waals surface area contributed by atoms with Crippen LogP contribution in [0.15, 0.2) is 23.2 Å². The molecule has 7 heteroatoms. The summed E-state index contributed by atoms with van der Waals surface area (Å²) in [5.74, 6) is -2.31. The quantitative estimate of drug-likeness (QED) is 0.109. The first-order valence-electron chi connectivity index (χ1n) is 18.5. The minimum Gasteiger partial charge on any atom is -0.493 e. The second-order valence-corrected chi connectivity index (χ2v) is 15.1. The van der Waals surface area contributed by atoms with Crippen LogP contribution in [0.25, 0.3) is 0 Å². The van der Waals surface area contributed by atoms with Crippen molar-refractivity contribution < 1.29 is 33.4 Å². The maximum atomic E-state index is 14.3. The number of ether oxygens (including phenoxy) is 3. The molecule has 4 aliphatic rings. The number of ketones is 2. The Balaban J connectivity index is 1.27. The molecule has 258 valence electrons. The number of hydrogen-bond acceptors (Lipinski definition) is 7. The lowest BCUT2D eigenvalue weighted by Gasteiger charge is -2.64. The van der Waals surface area contributed by atoms with E-state index in [1.54, 1.807) is 6.08 Å². The summed E-state index contributed by atoms with van der Waals surface area (Å²) in [6.45, 7) is 9.96. The fraction of sp³-hybridized carbons (Fsp3) is 0.795. The van der Waals surface area contributed by atoms with Crippen molar-refractivity contribution in [1.29, 1.82) is 0 Å². The average Bonchev–Trinajstić information content (AvgIpc) is 3.01. The third-order valence-electron chi connectivity index (χ3n) is 12.1. The van der Waals surface area contributed by atoms with E-state index in [4.69, 9.17) is 14.2 Å². The van der Waals surface area contributed by atoms with Crippen LogP contribution in [0, 0.1) is 34.5 Å². The zero-order chi connectivity index (χ0) is 33.5. The molecule has 46 heavy (non-hydrogen) atoms. The summed E-state index contributed by atoms with van der Waals surface area (Å²) in [5, 5.41) is 0. The van der Waals surface area contributed by atoms with E-state index < -0.39 is 28.8 Å². The number of methoxy groups -OCH3 is 1. The van der Waals surface area contributed by atoms with E-state index in [0.29, 0.717) is 6.42 Å². The second-order valence-electron chi connectivity index (χ2n) is 15.1. The van der Waals surface area contributed by atoms with Gasteiger partial charge < -0.3 is 14.2 Å². The van der Waals surface area contributed by atoms with Crippen LogP contribution in [-0.4, -0.2) is 36.7 Å². The summed E-state index contributed by atoms with van der Waals surface area (Å²) in [6.07, 6.45) is 21.0. The lowest BCUT2D eigenvalue weighted by molar-refractivity contribution is -0.217. The molecule has 0 aromatic carbocycles. The molecule has 0 amide bonds. The highest BCUT2D eigenvalue weighted by atomic mass is 16.5. The Morgan fingerprint density at radius 3 is 1.98 bits per heavy atom. The van der Waals surface area contributed by atoms with Gasteiger partial charge in [-0.15, -0.1) is 0 Å². The number of allylic oxidation sites excluding steroid dienone is 4. The number of Topliss-reactive ketones (excluding diaryl/α,β-unsaturated/α-hetero) is 2. The predicted molar refractivity (Wildman–Crippen MR) is 178 cm³/mol. The summed E-state index contributed by atoms with van der Waals surface area (Å²) in [6, 6.07) is 0. The topological polar surface area (TPSA) is 96.0 Å². The largest absolute Gasteiger partial charge is 0.493 e. The number of carbonyl (C=O) groups is 4. The minimum absolute atomic E-state index is 0.0571. The Bertz CT molecular complexity index is 1180. The highest BCUT2D eigenvalue weighted by Gasteiger charge is 2.72. The van der Waals surface area contributed by atoms with Crippen molar-refractivity contribution >= 4 is 23.5 Å². The van der Waals surface area contributed by atoms with Crippen LogP contribution in [0.5, 0.6) is 0 Å². The lowest BCUT2D eigenvalue weighted by atomic mass is 9.40. The normalized spacial score (nSPS) is 32.0. The molecular weight excluding hydrogens is 580 g/mol. The summed E-state index contributed by atoms with van der Waals surface area (Å²) < 4.78 is 17.3. The molecule has 0 unspecified atom stereocenters. The van der Waals surface area contributed by atoms with Crippen LogP contribution in [0.3, 0.4) is 0 Å². The van der Waals surface area contributed by atoms with E-state index in [2.05, 4.69) is 6.92 Å². The number of rotatable bonds is 18. The smallest absolute Gasteiger partial charge is 0.311 e. The zero-order valence-electron chi connectivity index (χ0n) is 29.5. The highest BCUT2D eigenvalue weighted by molar-refractivity contribution is 6.08. The van der Waals surface area contributed by atoms with Crippen LogP contribution in [0.1, 0.15) is 150 Å². The van der Waals surface area contributed by atoms with Gasteiger partial charge in [-0.1, -0.05) is 118 Å². The molecule has 4 rings (SSSR count). The first-order chi connectivity index (χ1) is 22.0. The maximum Gasteiger partial charge on any atom is 0.311 e. The summed E-state index contributed by atoms with van der Waals surface area (Å²) in [7, 11) is 1.47. The Kier molecular flexibility index (Phi) is 12.7. The minimum atomic E-state index is -1.12. The van der Waals surface area contributed by atoms with Gasteiger partial charge >= 0.3 is 11.9 Å². The van der Waals surface area contributed by atoms with Gasteiger partial charge in [-0.3, -0.25) is 19.2 Å². The lowest BCUT2D eigenvalue weighted by Crippen LogP contribution is -2.69. The fourth-order valence-corrected chi connectivity index (χ4v) is 9.54. The van der Waals surface area contributed by atoms with Crippen LogP contribution < -0.4 is 0 Å². The molecular formula is C39H60O7. The van der Waals surface area contributed by atoms with E-state index in [9.17, 15) is 19.2 Å². The maximum absolute atomic E-state index is 14.3. The Morgan fingerprint density at radius 2 is 1.43 bits per heavy atom. The summed E-state index contributed by atoms with van der Waals surface area (Å²) in [5.41, 5.74) is -1.12. The van der Waals surface area contributed by atoms with Gasteiger partial charge in [-0.2, -0.15) is 0 Å². The third kappa shape index (κ3) is 7.33. The standard InChI is InChI=1S/C39H60O7/c1-7-8-9-10-11-12-13-14-15-16-17-18-19-20-21-22-32(40)45-30-23-26(2)28-24-31-38(4)29(25-33(41)46-31)27(3)35(44-6)34(42)36(38)39(28,5)37(30)43/h23,26,28-29,31,36H,7-22,24-25H2,1-6H3/t26-,28+,29+,31-,36+,38-,39+/m1/s1. The van der Waals surface area contributed by atoms with Gasteiger partial charge in [0.05, 0.1) is 13.5 Å². The molecule has 0 spiro atoms. The van der Waals surface area contributed by atoms with Crippen LogP contribution in [-0.2, 0) is 33.4 Å². The van der Waals surface area contributed by atoms with Gasteiger partial charge in [-0.25, -0.2) is 0 Å². The molecule has 0 radical (unpaired) electrons. The molecule has 0 bridgehead atoms. The molecule has 0 aromatic rings. The highest BCUT2D eigenvalue weighted by Crippen LogP contribution is 2.67. The van der Waals surface area contributed by atoms with Gasteiger partial charge in [0.2, 0.25) is 11.6 Å². The van der Waals surface area contributed by atoms with Crippen molar-refractivity contribution in [1.82, 2.24) is 0 Å². The van der Waals surface area contributed by atoms with Crippen molar-refractivity contribution in [3.63, 3.8) is 0 Å². The molecule has 1 saturated carbocycles. The molecule has 1 heterocycles. The number of fused-ring (bicyclic) bond motifs is 2. The number of hydrogen-bond donors (Lipinski definition) is 0. The molecule has 1 aliphatic heterocycles. The number of esters is 2. The van der Waals surface area contributed by atoms with E-state index >= 15 is 0 Å². The predicted octanol–water partition coefficient (Wildman–Crippen LogP) is 8.98. The molecule has 2 fully saturated rings. The SMILES string of the molecule is CCCCCCCCCCCCCCCCCC(=O)OC1=C[C@@H](C)[C@@H]2C[C@H]3OC(=O)C[C@H]4C(C)=C(OC)C(=O)[C@H]([C@@]2(C)C1=O)[C@@]34C. The summed E-state index contributed by atoms with van der Waals surface area (Å²) >= 11 is 0. The second kappa shape index (κ2) is 16.1. The molecule has 0 aromatic heterocycles. The van der Waals surface area contributed by atoms with Gasteiger partial charge in [0.25, 0.3) is 0 Å². The average molecular weight is 641 g/mol. The van der Waals surface area contributed by atoms with Gasteiger partial charge in [0, 0.05) is 29.1 Å². The van der Waals surface area contributed by atoms with Crippen LogP contribution in [0.2, 0.25) is 0 Å². The Hall–Kier alpha value is -2.44. The molecule has 0 N–H and O–H groups in total. The van der Waals surface area contributed by atoms with Crippen LogP contribution >= 0.6 is 0 Å². The molecule has 3 aliphatic carbocycles. The summed E-state index contributed by atoms with van der Waals surface area (Å²) in [4.78, 5) is 54.1. The van der Waals surface area contributed by atoms with Crippen molar-refractivity contribution in [3.8, 4) is 0 Å². The first-order valence-corrected chi connectivity index (χ1v) is 18.5. The fourth-order valence-electron chi connectivity index (χ4n) is 9.54. The first kappa shape index (κ1) is 36.4. The van der Waals surface area contributed by atoms with Crippen molar-refractivity contribution in [2.24, 2.45) is 34.5 Å². The van der Waals surface area contributed by atoms with E-state index in [1.165, 1.54) is 84.2 Å². The van der Waals surface area contributed by atoms with Gasteiger partial charge in [0.1, 0.15) is 6.10 Å². The Morgan fingerprint density at radius 1 is 0.891 bits per heavy atom. The van der Waals surface area contributed by atoms with E-state index in [-0.39, 0.29) is 59.6 Å². The monoisotopic (exact) mass is 640 g/mol. The van der Waals surface area contributed by atoms with Gasteiger partial charge in [-0.05, 0) is 43.3 Å². The molecule has 1 saturated heterocycles. The van der Waals surface area contributed by atoms with Crippen LogP contribution in [0.4, 0.5) is 0 Å². The van der Waals surface area contributed by atoms with Gasteiger partial charge in [0.15, 0.2) is 11.5 Å². The van der Waals surface area contributed by atoms with Crippen molar-refractivity contribution in [2.75, 3.05) is 7.11 Å². The number of carbonyl (C=O) groups excluding carboxylic acids is 4. The molecule has 7 atom stereocenters. The third-order valence-corrected chi connectivity index (χ3v) is 12.1. The van der Waals surface area contributed by atoms with Crippen molar-refractivity contribution in [3.05, 3.63) is 23.2 Å².